The standard InChI is InChI=1S/C18H27N3O2/c1-14(2)20-10-8-18(9-11-20)13-21(17(22)19-3)12-15-6-4-5-7-16(15)23-18/h4-7,14H,8-13H2,1-3H3,(H,19,22). The van der Waals surface area contributed by atoms with Crippen LogP contribution in [-0.4, -0.2) is 54.2 Å². The molecular formula is C18H27N3O2. The number of carbonyl (C=O) groups excluding carboxylic acids is 1. The third-order valence-corrected chi connectivity index (χ3v) is 5.08. The quantitative estimate of drug-likeness (QED) is 0.865. The topological polar surface area (TPSA) is 44.8 Å². The Morgan fingerprint density at radius 2 is 1.96 bits per heavy atom. The molecule has 0 aromatic heterocycles. The molecule has 1 saturated heterocycles. The smallest absolute Gasteiger partial charge is 0.317 e. The highest BCUT2D eigenvalue weighted by atomic mass is 16.5. The van der Waals surface area contributed by atoms with Crippen molar-refractivity contribution in [1.29, 1.82) is 0 Å². The number of ether oxygens (including phenoxy) is 1. The summed E-state index contributed by atoms with van der Waals surface area (Å²) in [5.41, 5.74) is 0.809. The number of hydrogen-bond acceptors (Lipinski definition) is 3. The molecule has 5 nitrogen and oxygen atoms in total. The maximum absolute atomic E-state index is 12.3. The molecule has 5 heteroatoms. The molecule has 2 aliphatic heterocycles. The van der Waals surface area contributed by atoms with E-state index in [4.69, 9.17) is 4.74 Å². The van der Waals surface area contributed by atoms with Crippen molar-refractivity contribution in [3.8, 4) is 5.75 Å². The zero-order valence-corrected chi connectivity index (χ0v) is 14.3. The molecule has 1 aromatic rings. The summed E-state index contributed by atoms with van der Waals surface area (Å²) in [4.78, 5) is 16.6. The Balaban J connectivity index is 1.87. The Hall–Kier alpha value is -1.75. The number of hydrogen-bond donors (Lipinski definition) is 1. The molecule has 1 spiro atoms. The van der Waals surface area contributed by atoms with Gasteiger partial charge in [-0.3, -0.25) is 0 Å². The summed E-state index contributed by atoms with van der Waals surface area (Å²) in [6, 6.07) is 8.61. The van der Waals surface area contributed by atoms with Crippen LogP contribution in [0, 0.1) is 0 Å². The first-order valence-corrected chi connectivity index (χ1v) is 8.51. The predicted octanol–water partition coefficient (Wildman–Crippen LogP) is 2.46. The van der Waals surface area contributed by atoms with Crippen molar-refractivity contribution in [1.82, 2.24) is 15.1 Å². The maximum atomic E-state index is 12.3. The van der Waals surface area contributed by atoms with E-state index >= 15 is 0 Å². The van der Waals surface area contributed by atoms with Crippen LogP contribution in [0.4, 0.5) is 4.79 Å². The number of likely N-dealkylation sites (tertiary alicyclic amines) is 1. The number of amides is 2. The summed E-state index contributed by atoms with van der Waals surface area (Å²) in [6.07, 6.45) is 1.90. The number of para-hydroxylation sites is 1. The molecule has 1 N–H and O–H groups in total. The van der Waals surface area contributed by atoms with Crippen molar-refractivity contribution in [3.63, 3.8) is 0 Å². The summed E-state index contributed by atoms with van der Waals surface area (Å²) in [5, 5.41) is 2.76. The van der Waals surface area contributed by atoms with Gasteiger partial charge in [0.1, 0.15) is 11.4 Å². The van der Waals surface area contributed by atoms with E-state index < -0.39 is 0 Å². The van der Waals surface area contributed by atoms with E-state index in [1.165, 1.54) is 0 Å². The summed E-state index contributed by atoms with van der Waals surface area (Å²) >= 11 is 0. The van der Waals surface area contributed by atoms with Gasteiger partial charge < -0.3 is 19.9 Å². The Kier molecular flexibility index (Phi) is 4.48. The van der Waals surface area contributed by atoms with Gasteiger partial charge in [0.05, 0.1) is 13.1 Å². The fraction of sp³-hybridized carbons (Fsp3) is 0.611. The number of nitrogens with zero attached hydrogens (tertiary/aromatic N) is 2. The first-order valence-electron chi connectivity index (χ1n) is 8.51. The van der Waals surface area contributed by atoms with Crippen LogP contribution in [0.5, 0.6) is 5.75 Å². The van der Waals surface area contributed by atoms with Crippen LogP contribution in [0.3, 0.4) is 0 Å². The van der Waals surface area contributed by atoms with Crippen LogP contribution < -0.4 is 10.1 Å². The molecule has 23 heavy (non-hydrogen) atoms. The van der Waals surface area contributed by atoms with Crippen LogP contribution >= 0.6 is 0 Å². The van der Waals surface area contributed by atoms with E-state index in [1.54, 1.807) is 7.05 Å². The lowest BCUT2D eigenvalue weighted by atomic mass is 9.90. The molecule has 2 heterocycles. The molecule has 1 aromatic carbocycles. The summed E-state index contributed by atoms with van der Waals surface area (Å²) in [6.45, 7) is 7.75. The average molecular weight is 317 g/mol. The van der Waals surface area contributed by atoms with Gasteiger partial charge in [-0.2, -0.15) is 0 Å². The Bertz CT molecular complexity index is 565. The lowest BCUT2D eigenvalue weighted by molar-refractivity contribution is -0.0178. The van der Waals surface area contributed by atoms with Crippen molar-refractivity contribution in [3.05, 3.63) is 29.8 Å². The van der Waals surface area contributed by atoms with E-state index in [0.29, 0.717) is 19.1 Å². The molecule has 3 rings (SSSR count). The van der Waals surface area contributed by atoms with E-state index in [1.807, 2.05) is 29.2 Å². The minimum Gasteiger partial charge on any atom is -0.485 e. The van der Waals surface area contributed by atoms with Gasteiger partial charge in [0.25, 0.3) is 0 Å². The molecule has 0 aliphatic carbocycles. The zero-order valence-electron chi connectivity index (χ0n) is 14.3. The zero-order chi connectivity index (χ0) is 16.4. The van der Waals surface area contributed by atoms with Crippen molar-refractivity contribution in [2.45, 2.75) is 44.9 Å². The maximum Gasteiger partial charge on any atom is 0.317 e. The van der Waals surface area contributed by atoms with Crippen LogP contribution in [0.1, 0.15) is 32.3 Å². The van der Waals surface area contributed by atoms with E-state index in [0.717, 1.165) is 37.2 Å². The number of rotatable bonds is 1. The molecule has 0 atom stereocenters. The van der Waals surface area contributed by atoms with Gasteiger partial charge in [-0.15, -0.1) is 0 Å². The lowest BCUT2D eigenvalue weighted by Crippen LogP contribution is -2.56. The number of fused-ring (bicyclic) bond motifs is 1. The van der Waals surface area contributed by atoms with Crippen LogP contribution in [0.15, 0.2) is 24.3 Å². The van der Waals surface area contributed by atoms with Crippen LogP contribution in [0.2, 0.25) is 0 Å². The van der Waals surface area contributed by atoms with Gasteiger partial charge in [-0.1, -0.05) is 18.2 Å². The minimum absolute atomic E-state index is 0.0315. The van der Waals surface area contributed by atoms with Crippen molar-refractivity contribution in [2.24, 2.45) is 0 Å². The molecule has 0 radical (unpaired) electrons. The van der Waals surface area contributed by atoms with Gasteiger partial charge in [0.2, 0.25) is 0 Å². The fourth-order valence-electron chi connectivity index (χ4n) is 3.62. The van der Waals surface area contributed by atoms with E-state index in [9.17, 15) is 4.79 Å². The largest absolute Gasteiger partial charge is 0.485 e. The second kappa shape index (κ2) is 6.40. The number of urea groups is 1. The monoisotopic (exact) mass is 317 g/mol. The normalized spacial score (nSPS) is 20.8. The van der Waals surface area contributed by atoms with Crippen LogP contribution in [0.25, 0.3) is 0 Å². The second-order valence-electron chi connectivity index (χ2n) is 6.93. The first kappa shape index (κ1) is 16.1. The molecule has 2 amide bonds. The molecule has 2 aliphatic rings. The van der Waals surface area contributed by atoms with E-state index in [-0.39, 0.29) is 11.6 Å². The Morgan fingerprint density at radius 3 is 2.61 bits per heavy atom. The second-order valence-corrected chi connectivity index (χ2v) is 6.93. The number of nitrogens with one attached hydrogen (secondary N) is 1. The molecule has 0 bridgehead atoms. The van der Waals surface area contributed by atoms with Gasteiger partial charge >= 0.3 is 6.03 Å². The summed E-state index contributed by atoms with van der Waals surface area (Å²) < 4.78 is 6.49. The number of carbonyl (C=O) groups is 1. The molecule has 0 unspecified atom stereocenters. The Morgan fingerprint density at radius 1 is 1.26 bits per heavy atom. The highest BCUT2D eigenvalue weighted by Crippen LogP contribution is 2.35. The summed E-state index contributed by atoms with van der Waals surface area (Å²) in [7, 11) is 1.69. The average Bonchev–Trinajstić information content (AvgIpc) is 2.71. The number of benzene rings is 1. The van der Waals surface area contributed by atoms with Crippen molar-refractivity contribution in [2.75, 3.05) is 26.7 Å². The predicted molar refractivity (Wildman–Crippen MR) is 90.6 cm³/mol. The van der Waals surface area contributed by atoms with E-state index in [2.05, 4.69) is 24.1 Å². The van der Waals surface area contributed by atoms with Crippen molar-refractivity contribution >= 4 is 6.03 Å². The third-order valence-electron chi connectivity index (χ3n) is 5.08. The SMILES string of the molecule is CNC(=O)N1Cc2ccccc2OC2(CCN(C(C)C)CC2)C1. The highest BCUT2D eigenvalue weighted by molar-refractivity contribution is 5.74. The molecule has 126 valence electrons. The Labute approximate surface area is 138 Å². The van der Waals surface area contributed by atoms with Gasteiger partial charge in [-0.05, 0) is 19.9 Å². The third kappa shape index (κ3) is 3.29. The van der Waals surface area contributed by atoms with Gasteiger partial charge in [-0.25, -0.2) is 4.79 Å². The van der Waals surface area contributed by atoms with Gasteiger partial charge in [0.15, 0.2) is 0 Å². The highest BCUT2D eigenvalue weighted by Gasteiger charge is 2.42. The molecular weight excluding hydrogens is 290 g/mol. The molecule has 0 saturated carbocycles. The summed E-state index contributed by atoms with van der Waals surface area (Å²) in [5.74, 6) is 0.928. The lowest BCUT2D eigenvalue weighted by Gasteiger charge is -2.43. The fourth-order valence-corrected chi connectivity index (χ4v) is 3.62. The van der Waals surface area contributed by atoms with Gasteiger partial charge in [0, 0.05) is 44.6 Å². The first-order chi connectivity index (χ1) is 11.0. The minimum atomic E-state index is -0.273. The number of piperidine rings is 1. The molecule has 1 fully saturated rings. The van der Waals surface area contributed by atoms with Crippen molar-refractivity contribution < 1.29 is 9.53 Å². The van der Waals surface area contributed by atoms with Crippen LogP contribution in [-0.2, 0) is 6.54 Å².